The first-order chi connectivity index (χ1) is 7.22. The molecule has 1 aromatic heterocycles. The van der Waals surface area contributed by atoms with Gasteiger partial charge in [0.25, 0.3) is 0 Å². The third kappa shape index (κ3) is 1.96. The van der Waals surface area contributed by atoms with Gasteiger partial charge in [0.1, 0.15) is 5.69 Å². The lowest BCUT2D eigenvalue weighted by atomic mass is 10.1. The first-order valence-electron chi connectivity index (χ1n) is 4.54. The van der Waals surface area contributed by atoms with Crippen LogP contribution in [0.4, 0.5) is 0 Å². The summed E-state index contributed by atoms with van der Waals surface area (Å²) in [7, 11) is 0. The fourth-order valence-electron chi connectivity index (χ4n) is 1.39. The van der Waals surface area contributed by atoms with Crippen LogP contribution in [0.25, 0.3) is 11.3 Å². The van der Waals surface area contributed by atoms with Crippen LogP contribution in [0, 0.1) is 6.92 Å². The van der Waals surface area contributed by atoms with Gasteiger partial charge in [-0.25, -0.2) is 0 Å². The van der Waals surface area contributed by atoms with Gasteiger partial charge in [0.15, 0.2) is 5.76 Å². The maximum absolute atomic E-state index is 8.99. The summed E-state index contributed by atoms with van der Waals surface area (Å²) in [5.74, 6) is 0.714. The van der Waals surface area contributed by atoms with Gasteiger partial charge in [-0.15, -0.1) is 0 Å². The summed E-state index contributed by atoms with van der Waals surface area (Å²) < 4.78 is 6.21. The predicted octanol–water partition coefficient (Wildman–Crippen LogP) is 2.90. The Hall–Kier alpha value is -1.13. The normalized spacial score (nSPS) is 10.6. The maximum atomic E-state index is 8.99. The average Bonchev–Trinajstić information content (AvgIpc) is 2.61. The van der Waals surface area contributed by atoms with Crippen molar-refractivity contribution in [3.05, 3.63) is 40.0 Å². The Morgan fingerprint density at radius 1 is 1.33 bits per heavy atom. The predicted molar refractivity (Wildman–Crippen MR) is 60.3 cm³/mol. The summed E-state index contributed by atoms with van der Waals surface area (Å²) in [4.78, 5) is 0. The van der Waals surface area contributed by atoms with Crippen LogP contribution in [-0.2, 0) is 6.61 Å². The fourth-order valence-corrected chi connectivity index (χ4v) is 1.65. The van der Waals surface area contributed by atoms with Crippen molar-refractivity contribution in [3.8, 4) is 11.3 Å². The van der Waals surface area contributed by atoms with E-state index in [9.17, 15) is 0 Å². The number of hydrogen-bond acceptors (Lipinski definition) is 3. The highest BCUT2D eigenvalue weighted by molar-refractivity contribution is 9.10. The summed E-state index contributed by atoms with van der Waals surface area (Å²) in [6, 6.07) is 7.77. The van der Waals surface area contributed by atoms with Crippen molar-refractivity contribution in [2.45, 2.75) is 13.5 Å². The Kier molecular flexibility index (Phi) is 2.88. The van der Waals surface area contributed by atoms with Crippen molar-refractivity contribution in [1.82, 2.24) is 5.16 Å². The highest BCUT2D eigenvalue weighted by atomic mass is 79.9. The van der Waals surface area contributed by atoms with Crippen LogP contribution in [0.2, 0.25) is 0 Å². The highest BCUT2D eigenvalue weighted by Gasteiger charge is 2.12. The third-order valence-corrected chi connectivity index (χ3v) is 2.81. The Morgan fingerprint density at radius 3 is 2.53 bits per heavy atom. The summed E-state index contributed by atoms with van der Waals surface area (Å²) >= 11 is 3.37. The summed E-state index contributed by atoms with van der Waals surface area (Å²) in [5.41, 5.74) is 2.44. The summed E-state index contributed by atoms with van der Waals surface area (Å²) in [6.45, 7) is 1.80. The largest absolute Gasteiger partial charge is 0.390 e. The molecule has 15 heavy (non-hydrogen) atoms. The molecule has 78 valence electrons. The number of rotatable bonds is 2. The van der Waals surface area contributed by atoms with E-state index in [1.165, 1.54) is 0 Å². The molecule has 3 nitrogen and oxygen atoms in total. The maximum Gasteiger partial charge on any atom is 0.170 e. The zero-order valence-corrected chi connectivity index (χ0v) is 9.78. The van der Waals surface area contributed by atoms with Gasteiger partial charge in [0, 0.05) is 15.6 Å². The molecule has 0 fully saturated rings. The minimum absolute atomic E-state index is 0.0914. The monoisotopic (exact) mass is 267 g/mol. The molecule has 1 N–H and O–H groups in total. The number of nitrogens with zero attached hydrogens (tertiary/aromatic N) is 1. The van der Waals surface area contributed by atoms with Crippen LogP contribution >= 0.6 is 15.9 Å². The van der Waals surface area contributed by atoms with Gasteiger partial charge in [-0.2, -0.15) is 0 Å². The zero-order valence-electron chi connectivity index (χ0n) is 8.20. The summed E-state index contributed by atoms with van der Waals surface area (Å²) in [5, 5.41) is 12.8. The second-order valence-corrected chi connectivity index (χ2v) is 4.16. The molecule has 0 saturated heterocycles. The van der Waals surface area contributed by atoms with Gasteiger partial charge in [-0.05, 0) is 19.1 Å². The molecule has 0 saturated carbocycles. The van der Waals surface area contributed by atoms with Crippen molar-refractivity contribution < 1.29 is 9.63 Å². The van der Waals surface area contributed by atoms with Crippen LogP contribution in [0.5, 0.6) is 0 Å². The van der Waals surface area contributed by atoms with Gasteiger partial charge < -0.3 is 9.63 Å². The first-order valence-corrected chi connectivity index (χ1v) is 5.33. The number of aromatic nitrogens is 1. The Morgan fingerprint density at radius 2 is 2.00 bits per heavy atom. The zero-order chi connectivity index (χ0) is 10.8. The molecule has 0 spiro atoms. The topological polar surface area (TPSA) is 46.3 Å². The second-order valence-electron chi connectivity index (χ2n) is 3.25. The van der Waals surface area contributed by atoms with Gasteiger partial charge in [-0.3, -0.25) is 0 Å². The smallest absolute Gasteiger partial charge is 0.170 e. The molecule has 1 heterocycles. The molecule has 0 bridgehead atoms. The van der Waals surface area contributed by atoms with Crippen molar-refractivity contribution >= 4 is 15.9 Å². The van der Waals surface area contributed by atoms with Crippen molar-refractivity contribution in [1.29, 1.82) is 0 Å². The van der Waals surface area contributed by atoms with E-state index in [1.807, 2.05) is 31.2 Å². The minimum atomic E-state index is -0.0914. The minimum Gasteiger partial charge on any atom is -0.390 e. The summed E-state index contributed by atoms with van der Waals surface area (Å²) in [6.07, 6.45) is 0. The van der Waals surface area contributed by atoms with E-state index in [2.05, 4.69) is 21.1 Å². The van der Waals surface area contributed by atoms with Crippen molar-refractivity contribution in [2.24, 2.45) is 0 Å². The lowest BCUT2D eigenvalue weighted by molar-refractivity contribution is 0.266. The molecule has 2 aromatic rings. The SMILES string of the molecule is Cc1c(CO)noc1-c1ccc(Br)cc1. The Bertz CT molecular complexity index is 462. The number of aliphatic hydroxyl groups is 1. The molecule has 2 rings (SSSR count). The van der Waals surface area contributed by atoms with Crippen molar-refractivity contribution in [3.63, 3.8) is 0 Å². The number of hydrogen-bond donors (Lipinski definition) is 1. The fraction of sp³-hybridized carbons (Fsp3) is 0.182. The van der Waals surface area contributed by atoms with Crippen LogP contribution in [-0.4, -0.2) is 10.3 Å². The lowest BCUT2D eigenvalue weighted by Gasteiger charge is -1.97. The standard InChI is InChI=1S/C11H10BrNO2/c1-7-10(6-14)13-15-11(7)8-2-4-9(12)5-3-8/h2-5,14H,6H2,1H3. The number of benzene rings is 1. The Balaban J connectivity index is 2.45. The van der Waals surface area contributed by atoms with Gasteiger partial charge in [0.2, 0.25) is 0 Å². The molecule has 0 aliphatic rings. The van der Waals surface area contributed by atoms with E-state index in [0.717, 1.165) is 15.6 Å². The average molecular weight is 268 g/mol. The van der Waals surface area contributed by atoms with E-state index >= 15 is 0 Å². The van der Waals surface area contributed by atoms with Gasteiger partial charge >= 0.3 is 0 Å². The van der Waals surface area contributed by atoms with Crippen LogP contribution in [0.1, 0.15) is 11.3 Å². The van der Waals surface area contributed by atoms with E-state index in [-0.39, 0.29) is 6.61 Å². The molecule has 1 aromatic carbocycles. The van der Waals surface area contributed by atoms with E-state index in [4.69, 9.17) is 9.63 Å². The first kappa shape index (κ1) is 10.4. The molecular weight excluding hydrogens is 258 g/mol. The number of halogens is 1. The molecule has 0 aliphatic carbocycles. The number of aliphatic hydroxyl groups excluding tert-OH is 1. The van der Waals surface area contributed by atoms with Crippen LogP contribution in [0.3, 0.4) is 0 Å². The third-order valence-electron chi connectivity index (χ3n) is 2.28. The molecule has 0 aliphatic heterocycles. The molecule has 0 amide bonds. The van der Waals surface area contributed by atoms with E-state index < -0.39 is 0 Å². The Labute approximate surface area is 95.8 Å². The molecular formula is C11H10BrNO2. The quantitative estimate of drug-likeness (QED) is 0.910. The highest BCUT2D eigenvalue weighted by Crippen LogP contribution is 2.26. The van der Waals surface area contributed by atoms with Gasteiger partial charge in [0.05, 0.1) is 6.61 Å². The van der Waals surface area contributed by atoms with E-state index in [0.29, 0.717) is 11.5 Å². The van der Waals surface area contributed by atoms with Crippen LogP contribution in [0.15, 0.2) is 33.3 Å². The second kappa shape index (κ2) is 4.16. The molecule has 0 atom stereocenters. The van der Waals surface area contributed by atoms with E-state index in [1.54, 1.807) is 0 Å². The molecule has 4 heteroatoms. The van der Waals surface area contributed by atoms with Crippen LogP contribution < -0.4 is 0 Å². The lowest BCUT2D eigenvalue weighted by Crippen LogP contribution is -1.85. The van der Waals surface area contributed by atoms with Gasteiger partial charge in [-0.1, -0.05) is 33.2 Å². The van der Waals surface area contributed by atoms with Crippen molar-refractivity contribution in [2.75, 3.05) is 0 Å². The molecule has 0 unspecified atom stereocenters. The molecule has 0 radical (unpaired) electrons.